The van der Waals surface area contributed by atoms with Crippen LogP contribution >= 0.6 is 0 Å². The molecule has 1 aliphatic heterocycles. The van der Waals surface area contributed by atoms with Crippen LogP contribution in [0, 0.1) is 5.92 Å². The van der Waals surface area contributed by atoms with Gasteiger partial charge in [0, 0.05) is 37.5 Å². The average molecular weight is 456 g/mol. The predicted octanol–water partition coefficient (Wildman–Crippen LogP) is 3.47. The molecule has 0 bridgehead atoms. The minimum absolute atomic E-state index is 0.00189. The number of piperidine rings is 1. The molecule has 1 saturated heterocycles. The predicted molar refractivity (Wildman–Crippen MR) is 129 cm³/mol. The third-order valence-electron chi connectivity index (χ3n) is 5.87. The number of hydrogen-bond acceptors (Lipinski definition) is 4. The zero-order chi connectivity index (χ0) is 23.0. The zero-order valence-corrected chi connectivity index (χ0v) is 19.7. The molecule has 32 heavy (non-hydrogen) atoms. The molecular weight excluding hydrogens is 422 g/mol. The molecule has 0 aromatic heterocycles. The minimum atomic E-state index is -3.49. The van der Waals surface area contributed by atoms with Crippen molar-refractivity contribution >= 4 is 22.0 Å². The van der Waals surface area contributed by atoms with Crippen molar-refractivity contribution in [2.75, 3.05) is 26.7 Å². The lowest BCUT2D eigenvalue weighted by Gasteiger charge is -2.29. The molecule has 172 valence electrons. The van der Waals surface area contributed by atoms with Gasteiger partial charge in [-0.25, -0.2) is 8.42 Å². The van der Waals surface area contributed by atoms with Gasteiger partial charge in [0.25, 0.3) is 0 Å². The highest BCUT2D eigenvalue weighted by molar-refractivity contribution is 7.92. The van der Waals surface area contributed by atoms with E-state index in [1.165, 1.54) is 15.3 Å². The van der Waals surface area contributed by atoms with Crippen LogP contribution in [0.15, 0.2) is 60.0 Å². The second kappa shape index (κ2) is 11.4. The van der Waals surface area contributed by atoms with Gasteiger partial charge >= 0.3 is 0 Å². The first-order chi connectivity index (χ1) is 15.4. The number of hydrogen-bond donors (Lipinski definition) is 1. The number of rotatable bonds is 9. The third-order valence-corrected chi connectivity index (χ3v) is 7.43. The molecule has 3 rings (SSSR count). The summed E-state index contributed by atoms with van der Waals surface area (Å²) in [6, 6.07) is 17.6. The molecule has 2 aromatic rings. The molecule has 0 radical (unpaired) electrons. The smallest absolute Gasteiger partial charge is 0.236 e. The lowest BCUT2D eigenvalue weighted by molar-refractivity contribution is -0.126. The molecule has 0 unspecified atom stereocenters. The highest BCUT2D eigenvalue weighted by Crippen LogP contribution is 2.21. The van der Waals surface area contributed by atoms with E-state index in [0.29, 0.717) is 32.5 Å². The highest BCUT2D eigenvalue weighted by Gasteiger charge is 2.29. The van der Waals surface area contributed by atoms with Crippen molar-refractivity contribution in [2.24, 2.45) is 5.92 Å². The Morgan fingerprint density at radius 3 is 2.47 bits per heavy atom. The molecule has 1 amide bonds. The van der Waals surface area contributed by atoms with E-state index in [1.807, 2.05) is 42.5 Å². The van der Waals surface area contributed by atoms with Gasteiger partial charge in [-0.1, -0.05) is 61.5 Å². The fraction of sp³-hybridized carbons (Fsp3) is 0.400. The molecule has 1 aliphatic rings. The van der Waals surface area contributed by atoms with Gasteiger partial charge in [-0.3, -0.25) is 4.79 Å². The van der Waals surface area contributed by atoms with E-state index in [9.17, 15) is 13.2 Å². The molecule has 0 aliphatic carbocycles. The first-order valence-electron chi connectivity index (χ1n) is 11.1. The summed E-state index contributed by atoms with van der Waals surface area (Å²) < 4.78 is 26.7. The van der Waals surface area contributed by atoms with Crippen LogP contribution in [-0.4, -0.2) is 50.2 Å². The van der Waals surface area contributed by atoms with Gasteiger partial charge in [0.2, 0.25) is 15.9 Å². The number of nitrogens with zero attached hydrogens (tertiary/aromatic N) is 2. The number of carbonyl (C=O) groups excluding carboxylic acids is 1. The maximum Gasteiger partial charge on any atom is 0.236 e. The Bertz CT molecular complexity index is 1010. The van der Waals surface area contributed by atoms with E-state index >= 15 is 0 Å². The fourth-order valence-corrected chi connectivity index (χ4v) is 5.00. The second-order valence-electron chi connectivity index (χ2n) is 8.30. The number of amides is 1. The summed E-state index contributed by atoms with van der Waals surface area (Å²) >= 11 is 0. The Balaban J connectivity index is 1.48. The Morgan fingerprint density at radius 2 is 1.78 bits per heavy atom. The van der Waals surface area contributed by atoms with Crippen LogP contribution in [0.5, 0.6) is 0 Å². The van der Waals surface area contributed by atoms with E-state index in [2.05, 4.69) is 36.3 Å². The van der Waals surface area contributed by atoms with Gasteiger partial charge in [-0.15, -0.1) is 0 Å². The van der Waals surface area contributed by atoms with Gasteiger partial charge in [-0.05, 0) is 49.2 Å². The van der Waals surface area contributed by atoms with Crippen molar-refractivity contribution < 1.29 is 13.2 Å². The van der Waals surface area contributed by atoms with E-state index in [1.54, 1.807) is 6.08 Å². The fourth-order valence-electron chi connectivity index (χ4n) is 3.78. The topological polar surface area (TPSA) is 69.7 Å². The molecule has 0 saturated carbocycles. The number of sulfonamides is 1. The van der Waals surface area contributed by atoms with Gasteiger partial charge < -0.3 is 10.2 Å². The van der Waals surface area contributed by atoms with Crippen LogP contribution in [-0.2, 0) is 27.9 Å². The first-order valence-corrected chi connectivity index (χ1v) is 12.6. The standard InChI is InChI=1S/C25H33N3O3S/c1-3-27(2)20-23-11-7-10-22(18-23)19-26-25(29)24-12-15-28(16-13-24)32(30,31)17-14-21-8-5-4-6-9-21/h4-11,14,17-18,24H,3,12-13,15-16,19-20H2,1-2H3,(H,26,29)/b17-14-. The van der Waals surface area contributed by atoms with Gasteiger partial charge in [0.15, 0.2) is 0 Å². The van der Waals surface area contributed by atoms with E-state index in [0.717, 1.165) is 24.2 Å². The average Bonchev–Trinajstić information content (AvgIpc) is 2.82. The lowest BCUT2D eigenvalue weighted by Crippen LogP contribution is -2.42. The Hall–Kier alpha value is -2.48. The normalized spacial score (nSPS) is 16.0. The molecule has 2 aromatic carbocycles. The molecular formula is C25H33N3O3S. The van der Waals surface area contributed by atoms with Crippen LogP contribution in [0.3, 0.4) is 0 Å². The first kappa shape index (κ1) is 24.2. The van der Waals surface area contributed by atoms with Crippen LogP contribution in [0.1, 0.15) is 36.5 Å². The summed E-state index contributed by atoms with van der Waals surface area (Å²) in [6.45, 7) is 5.19. The van der Waals surface area contributed by atoms with Crippen molar-refractivity contribution in [2.45, 2.75) is 32.9 Å². The molecule has 6 nitrogen and oxygen atoms in total. The molecule has 7 heteroatoms. The van der Waals surface area contributed by atoms with E-state index < -0.39 is 10.0 Å². The maximum absolute atomic E-state index is 12.6. The van der Waals surface area contributed by atoms with Crippen molar-refractivity contribution in [3.8, 4) is 0 Å². The van der Waals surface area contributed by atoms with Gasteiger partial charge in [0.1, 0.15) is 0 Å². The summed E-state index contributed by atoms with van der Waals surface area (Å²) in [5.74, 6) is -0.160. The molecule has 1 N–H and O–H groups in total. The van der Waals surface area contributed by atoms with E-state index in [-0.39, 0.29) is 11.8 Å². The highest BCUT2D eigenvalue weighted by atomic mass is 32.2. The monoisotopic (exact) mass is 455 g/mol. The Labute approximate surface area is 192 Å². The largest absolute Gasteiger partial charge is 0.352 e. The van der Waals surface area contributed by atoms with Crippen molar-refractivity contribution in [1.82, 2.24) is 14.5 Å². The number of benzene rings is 2. The van der Waals surface area contributed by atoms with Crippen LogP contribution in [0.2, 0.25) is 0 Å². The minimum Gasteiger partial charge on any atom is -0.352 e. The van der Waals surface area contributed by atoms with E-state index in [4.69, 9.17) is 0 Å². The second-order valence-corrected chi connectivity index (χ2v) is 10.1. The van der Waals surface area contributed by atoms with Gasteiger partial charge in [-0.2, -0.15) is 4.31 Å². The Morgan fingerprint density at radius 1 is 1.09 bits per heavy atom. The summed E-state index contributed by atoms with van der Waals surface area (Å²) in [5, 5.41) is 4.28. The SMILES string of the molecule is CCN(C)Cc1cccc(CNC(=O)C2CCN(S(=O)(=O)/C=C\c3ccccc3)CC2)c1. The molecule has 0 spiro atoms. The summed E-state index contributed by atoms with van der Waals surface area (Å²) in [7, 11) is -1.40. The quantitative estimate of drug-likeness (QED) is 0.629. The summed E-state index contributed by atoms with van der Waals surface area (Å²) in [6.07, 6.45) is 2.68. The lowest BCUT2D eigenvalue weighted by atomic mass is 9.97. The zero-order valence-electron chi connectivity index (χ0n) is 18.9. The number of nitrogens with one attached hydrogen (secondary N) is 1. The maximum atomic E-state index is 12.6. The number of carbonyl (C=O) groups is 1. The van der Waals surface area contributed by atoms with Crippen molar-refractivity contribution in [1.29, 1.82) is 0 Å². The van der Waals surface area contributed by atoms with Crippen molar-refractivity contribution in [3.05, 3.63) is 76.7 Å². The third kappa shape index (κ3) is 7.02. The Kier molecular flexibility index (Phi) is 8.61. The van der Waals surface area contributed by atoms with Crippen LogP contribution in [0.4, 0.5) is 0 Å². The van der Waals surface area contributed by atoms with Crippen molar-refractivity contribution in [3.63, 3.8) is 0 Å². The van der Waals surface area contributed by atoms with Crippen LogP contribution in [0.25, 0.3) is 6.08 Å². The summed E-state index contributed by atoms with van der Waals surface area (Å²) in [5.41, 5.74) is 3.14. The molecule has 1 fully saturated rings. The molecule has 1 heterocycles. The summed E-state index contributed by atoms with van der Waals surface area (Å²) in [4.78, 5) is 14.9. The van der Waals surface area contributed by atoms with Gasteiger partial charge in [0.05, 0.1) is 0 Å². The molecule has 0 atom stereocenters. The van der Waals surface area contributed by atoms with Crippen LogP contribution < -0.4 is 5.32 Å².